The number of carbonyl (C=O) groups excluding carboxylic acids is 1. The van der Waals surface area contributed by atoms with Crippen LogP contribution in [0.1, 0.15) is 29.3 Å². The topological polar surface area (TPSA) is 33.5 Å². The number of benzene rings is 1. The van der Waals surface area contributed by atoms with Gasteiger partial charge in [0, 0.05) is 36.8 Å². The first-order valence-corrected chi connectivity index (χ1v) is 6.06. The summed E-state index contributed by atoms with van der Waals surface area (Å²) in [5.41, 5.74) is 2.84. The number of hydrogen-bond acceptors (Lipinski definition) is 3. The molecular formula is C15H17NO2. The molecule has 0 unspecified atom stereocenters. The Morgan fingerprint density at radius 1 is 1.28 bits per heavy atom. The zero-order chi connectivity index (χ0) is 13.0. The first-order chi connectivity index (χ1) is 8.72. The molecule has 3 nitrogen and oxygen atoms in total. The van der Waals surface area contributed by atoms with E-state index < -0.39 is 0 Å². The molecule has 0 fully saturated rings. The van der Waals surface area contributed by atoms with E-state index in [9.17, 15) is 4.79 Å². The van der Waals surface area contributed by atoms with Gasteiger partial charge in [-0.25, -0.2) is 0 Å². The highest BCUT2D eigenvalue weighted by molar-refractivity contribution is 6.01. The summed E-state index contributed by atoms with van der Waals surface area (Å²) in [5.74, 6) is 0.171. The average Bonchev–Trinajstić information content (AvgIpc) is 2.90. The minimum absolute atomic E-state index is 0.171. The van der Waals surface area contributed by atoms with Crippen molar-refractivity contribution in [3.8, 4) is 0 Å². The molecule has 18 heavy (non-hydrogen) atoms. The van der Waals surface area contributed by atoms with E-state index in [4.69, 9.17) is 4.42 Å². The Bertz CT molecular complexity index is 517. The second kappa shape index (κ2) is 5.54. The maximum Gasteiger partial charge on any atom is 0.164 e. The lowest BCUT2D eigenvalue weighted by Gasteiger charge is -2.21. The van der Waals surface area contributed by atoms with E-state index in [1.54, 1.807) is 12.5 Å². The Hall–Kier alpha value is -2.03. The molecule has 2 rings (SSSR count). The number of rotatable bonds is 5. The normalized spacial score (nSPS) is 10.3. The highest BCUT2D eigenvalue weighted by Gasteiger charge is 2.12. The van der Waals surface area contributed by atoms with Crippen LogP contribution in [0.25, 0.3) is 0 Å². The van der Waals surface area contributed by atoms with Gasteiger partial charge in [-0.1, -0.05) is 19.1 Å². The molecule has 3 heteroatoms. The summed E-state index contributed by atoms with van der Waals surface area (Å²) in [6.45, 7) is 2.61. The van der Waals surface area contributed by atoms with Crippen LogP contribution in [0.15, 0.2) is 47.3 Å². The summed E-state index contributed by atoms with van der Waals surface area (Å²) >= 11 is 0. The maximum absolute atomic E-state index is 11.9. The highest BCUT2D eigenvalue weighted by Crippen LogP contribution is 2.22. The molecular weight excluding hydrogens is 226 g/mol. The van der Waals surface area contributed by atoms with Gasteiger partial charge in [-0.15, -0.1) is 0 Å². The minimum Gasteiger partial charge on any atom is -0.472 e. The van der Waals surface area contributed by atoms with E-state index in [1.807, 2.05) is 44.3 Å². The monoisotopic (exact) mass is 243 g/mol. The number of furan rings is 1. The third-order valence-corrected chi connectivity index (χ3v) is 2.94. The van der Waals surface area contributed by atoms with Crippen molar-refractivity contribution in [1.82, 2.24) is 0 Å². The fraction of sp³-hybridized carbons (Fsp3) is 0.267. The van der Waals surface area contributed by atoms with Crippen LogP contribution < -0.4 is 4.90 Å². The zero-order valence-corrected chi connectivity index (χ0v) is 10.7. The Kier molecular flexibility index (Phi) is 3.82. The number of ketones is 1. The molecule has 1 aromatic heterocycles. The Labute approximate surface area is 107 Å². The van der Waals surface area contributed by atoms with Gasteiger partial charge < -0.3 is 9.32 Å². The summed E-state index contributed by atoms with van der Waals surface area (Å²) in [5, 5.41) is 0. The molecule has 0 bridgehead atoms. The van der Waals surface area contributed by atoms with E-state index in [0.717, 1.165) is 23.4 Å². The number of hydrogen-bond donors (Lipinski definition) is 0. The van der Waals surface area contributed by atoms with Gasteiger partial charge in [0.05, 0.1) is 12.5 Å². The Morgan fingerprint density at radius 3 is 2.72 bits per heavy atom. The third-order valence-electron chi connectivity index (χ3n) is 2.94. The number of carbonyl (C=O) groups is 1. The van der Waals surface area contributed by atoms with Crippen molar-refractivity contribution in [3.63, 3.8) is 0 Å². The van der Waals surface area contributed by atoms with E-state index >= 15 is 0 Å². The van der Waals surface area contributed by atoms with Crippen LogP contribution in [0.5, 0.6) is 0 Å². The number of para-hydroxylation sites is 1. The molecule has 0 amide bonds. The largest absolute Gasteiger partial charge is 0.472 e. The van der Waals surface area contributed by atoms with Gasteiger partial charge >= 0.3 is 0 Å². The number of nitrogens with zero attached hydrogens (tertiary/aromatic N) is 1. The van der Waals surface area contributed by atoms with Gasteiger partial charge in [0.1, 0.15) is 0 Å². The van der Waals surface area contributed by atoms with Crippen LogP contribution in [-0.2, 0) is 6.54 Å². The molecule has 0 saturated heterocycles. The maximum atomic E-state index is 11.9. The van der Waals surface area contributed by atoms with E-state index in [1.165, 1.54) is 0 Å². The lowest BCUT2D eigenvalue weighted by Crippen LogP contribution is -2.18. The lowest BCUT2D eigenvalue weighted by atomic mass is 10.1. The highest BCUT2D eigenvalue weighted by atomic mass is 16.3. The summed E-state index contributed by atoms with van der Waals surface area (Å²) in [4.78, 5) is 14.0. The molecule has 0 radical (unpaired) electrons. The summed E-state index contributed by atoms with van der Waals surface area (Å²) in [6.07, 6.45) is 3.91. The molecule has 1 heterocycles. The number of anilines is 1. The van der Waals surface area contributed by atoms with Crippen molar-refractivity contribution in [2.45, 2.75) is 19.9 Å². The molecule has 0 aliphatic heterocycles. The molecule has 0 atom stereocenters. The zero-order valence-electron chi connectivity index (χ0n) is 10.7. The molecule has 0 aliphatic carbocycles. The summed E-state index contributed by atoms with van der Waals surface area (Å²) in [6, 6.07) is 9.64. The Morgan fingerprint density at radius 2 is 2.06 bits per heavy atom. The fourth-order valence-corrected chi connectivity index (χ4v) is 1.97. The van der Waals surface area contributed by atoms with Gasteiger partial charge in [-0.05, 0) is 18.2 Å². The predicted octanol–water partition coefficient (Wildman–Crippen LogP) is 3.51. The molecule has 1 aromatic carbocycles. The van der Waals surface area contributed by atoms with Crippen LogP contribution in [0.3, 0.4) is 0 Å². The quantitative estimate of drug-likeness (QED) is 0.753. The SMILES string of the molecule is CCC(=O)c1ccccc1N(C)Cc1ccoc1. The van der Waals surface area contributed by atoms with Crippen molar-refractivity contribution < 1.29 is 9.21 Å². The molecule has 0 aliphatic rings. The Balaban J connectivity index is 2.24. The second-order valence-electron chi connectivity index (χ2n) is 4.28. The predicted molar refractivity (Wildman–Crippen MR) is 71.9 cm³/mol. The lowest BCUT2D eigenvalue weighted by molar-refractivity contribution is 0.0988. The summed E-state index contributed by atoms with van der Waals surface area (Å²) in [7, 11) is 1.98. The molecule has 0 spiro atoms. The van der Waals surface area contributed by atoms with Crippen LogP contribution in [0.2, 0.25) is 0 Å². The first kappa shape index (κ1) is 12.4. The van der Waals surface area contributed by atoms with Crippen molar-refractivity contribution in [2.75, 3.05) is 11.9 Å². The molecule has 2 aromatic rings. The van der Waals surface area contributed by atoms with Gasteiger partial charge in [0.2, 0.25) is 0 Å². The average molecular weight is 243 g/mol. The van der Waals surface area contributed by atoms with Gasteiger partial charge in [-0.3, -0.25) is 4.79 Å². The second-order valence-corrected chi connectivity index (χ2v) is 4.28. The van der Waals surface area contributed by atoms with Crippen molar-refractivity contribution >= 4 is 11.5 Å². The van der Waals surface area contributed by atoms with Crippen molar-refractivity contribution in [2.24, 2.45) is 0 Å². The third kappa shape index (κ3) is 2.62. The van der Waals surface area contributed by atoms with E-state index in [0.29, 0.717) is 6.42 Å². The van der Waals surface area contributed by atoms with Gasteiger partial charge in [0.25, 0.3) is 0 Å². The van der Waals surface area contributed by atoms with Crippen LogP contribution >= 0.6 is 0 Å². The standard InChI is InChI=1S/C15H17NO2/c1-3-15(17)13-6-4-5-7-14(13)16(2)10-12-8-9-18-11-12/h4-9,11H,3,10H2,1-2H3. The van der Waals surface area contributed by atoms with Crippen LogP contribution in [0.4, 0.5) is 5.69 Å². The van der Waals surface area contributed by atoms with Crippen LogP contribution in [0, 0.1) is 0 Å². The smallest absolute Gasteiger partial charge is 0.164 e. The fourth-order valence-electron chi connectivity index (χ4n) is 1.97. The van der Waals surface area contributed by atoms with Crippen molar-refractivity contribution in [3.05, 3.63) is 54.0 Å². The molecule has 0 saturated carbocycles. The first-order valence-electron chi connectivity index (χ1n) is 6.06. The molecule has 94 valence electrons. The van der Waals surface area contributed by atoms with Crippen molar-refractivity contribution in [1.29, 1.82) is 0 Å². The summed E-state index contributed by atoms with van der Waals surface area (Å²) < 4.78 is 5.06. The van der Waals surface area contributed by atoms with Gasteiger partial charge in [-0.2, -0.15) is 0 Å². The minimum atomic E-state index is 0.171. The van der Waals surface area contributed by atoms with Gasteiger partial charge in [0.15, 0.2) is 5.78 Å². The number of Topliss-reactive ketones (excluding diaryl/α,β-unsaturated/α-hetero) is 1. The molecule has 0 N–H and O–H groups in total. The van der Waals surface area contributed by atoms with E-state index in [2.05, 4.69) is 4.90 Å². The van der Waals surface area contributed by atoms with E-state index in [-0.39, 0.29) is 5.78 Å². The van der Waals surface area contributed by atoms with Crippen LogP contribution in [-0.4, -0.2) is 12.8 Å².